The lowest BCUT2D eigenvalue weighted by Gasteiger charge is -2.22. The smallest absolute Gasteiger partial charge is 0.257 e. The number of halogens is 1. The van der Waals surface area contributed by atoms with Gasteiger partial charge in [0.1, 0.15) is 17.0 Å². The van der Waals surface area contributed by atoms with Gasteiger partial charge in [-0.05, 0) is 47.8 Å². The standard InChI is InChI=1S/C15H17BrN2O2S/c1-9-13(15(19)17-10-5-3-2-4-6-10)14(18-20-9)11-7-8-12(16)21-11/h7-8,10H,2-6H2,1H3,(H,17,19). The van der Waals surface area contributed by atoms with E-state index in [2.05, 4.69) is 26.4 Å². The van der Waals surface area contributed by atoms with Crippen molar-refractivity contribution in [1.82, 2.24) is 10.5 Å². The normalized spacial score (nSPS) is 16.1. The van der Waals surface area contributed by atoms with Crippen LogP contribution < -0.4 is 5.32 Å². The topological polar surface area (TPSA) is 55.1 Å². The van der Waals surface area contributed by atoms with Gasteiger partial charge in [0.15, 0.2) is 0 Å². The molecule has 0 unspecified atom stereocenters. The van der Waals surface area contributed by atoms with Crippen LogP contribution in [0, 0.1) is 6.92 Å². The highest BCUT2D eigenvalue weighted by molar-refractivity contribution is 9.11. The first-order valence-electron chi connectivity index (χ1n) is 7.18. The Balaban J connectivity index is 1.84. The molecule has 1 aliphatic carbocycles. The van der Waals surface area contributed by atoms with Crippen molar-refractivity contribution in [3.63, 3.8) is 0 Å². The summed E-state index contributed by atoms with van der Waals surface area (Å²) in [7, 11) is 0. The Morgan fingerprint density at radius 1 is 1.38 bits per heavy atom. The molecule has 2 aromatic heterocycles. The first kappa shape index (κ1) is 14.8. The molecule has 21 heavy (non-hydrogen) atoms. The average Bonchev–Trinajstić information content (AvgIpc) is 3.06. The van der Waals surface area contributed by atoms with Crippen molar-refractivity contribution in [1.29, 1.82) is 0 Å². The number of rotatable bonds is 3. The van der Waals surface area contributed by atoms with Gasteiger partial charge in [-0.1, -0.05) is 24.4 Å². The first-order valence-corrected chi connectivity index (χ1v) is 8.79. The van der Waals surface area contributed by atoms with Crippen LogP contribution in [0.1, 0.15) is 48.2 Å². The Hall–Kier alpha value is -1.14. The van der Waals surface area contributed by atoms with Gasteiger partial charge in [-0.25, -0.2) is 0 Å². The summed E-state index contributed by atoms with van der Waals surface area (Å²) >= 11 is 4.98. The highest BCUT2D eigenvalue weighted by Crippen LogP contribution is 2.33. The maximum absolute atomic E-state index is 12.6. The van der Waals surface area contributed by atoms with Crippen LogP contribution in [0.4, 0.5) is 0 Å². The van der Waals surface area contributed by atoms with Gasteiger partial charge in [-0.2, -0.15) is 0 Å². The predicted molar refractivity (Wildman–Crippen MR) is 86.6 cm³/mol. The molecule has 0 aromatic carbocycles. The van der Waals surface area contributed by atoms with Crippen molar-refractivity contribution in [2.75, 3.05) is 0 Å². The number of hydrogen-bond donors (Lipinski definition) is 1. The van der Waals surface area contributed by atoms with Crippen LogP contribution in [0.3, 0.4) is 0 Å². The van der Waals surface area contributed by atoms with Crippen molar-refractivity contribution in [3.05, 3.63) is 27.2 Å². The number of hydrogen-bond acceptors (Lipinski definition) is 4. The van der Waals surface area contributed by atoms with E-state index in [1.165, 1.54) is 19.3 Å². The van der Waals surface area contributed by atoms with Crippen molar-refractivity contribution >= 4 is 33.2 Å². The summed E-state index contributed by atoms with van der Waals surface area (Å²) < 4.78 is 6.26. The van der Waals surface area contributed by atoms with E-state index in [0.717, 1.165) is 21.5 Å². The van der Waals surface area contributed by atoms with Crippen LogP contribution in [0.2, 0.25) is 0 Å². The third kappa shape index (κ3) is 3.21. The second-order valence-corrected chi connectivity index (χ2v) is 7.84. The lowest BCUT2D eigenvalue weighted by atomic mass is 9.95. The van der Waals surface area contributed by atoms with Gasteiger partial charge in [0.25, 0.3) is 5.91 Å². The van der Waals surface area contributed by atoms with Crippen molar-refractivity contribution < 1.29 is 9.32 Å². The van der Waals surface area contributed by atoms with Crippen LogP contribution >= 0.6 is 27.3 Å². The number of carbonyl (C=O) groups is 1. The van der Waals surface area contributed by atoms with E-state index in [9.17, 15) is 4.79 Å². The van der Waals surface area contributed by atoms with E-state index < -0.39 is 0 Å². The van der Waals surface area contributed by atoms with E-state index in [-0.39, 0.29) is 11.9 Å². The molecule has 4 nitrogen and oxygen atoms in total. The fourth-order valence-electron chi connectivity index (χ4n) is 2.75. The van der Waals surface area contributed by atoms with Crippen LogP contribution in [-0.2, 0) is 0 Å². The summed E-state index contributed by atoms with van der Waals surface area (Å²) in [6.45, 7) is 1.79. The average molecular weight is 369 g/mol. The van der Waals surface area contributed by atoms with Crippen LogP contribution in [0.15, 0.2) is 20.4 Å². The van der Waals surface area contributed by atoms with Gasteiger partial charge < -0.3 is 9.84 Å². The summed E-state index contributed by atoms with van der Waals surface area (Å²) in [5.41, 5.74) is 1.20. The molecule has 1 N–H and O–H groups in total. The minimum Gasteiger partial charge on any atom is -0.360 e. The van der Waals surface area contributed by atoms with E-state index in [4.69, 9.17) is 4.52 Å². The van der Waals surface area contributed by atoms with Gasteiger partial charge in [-0.3, -0.25) is 4.79 Å². The Morgan fingerprint density at radius 3 is 2.81 bits per heavy atom. The monoisotopic (exact) mass is 368 g/mol. The number of carbonyl (C=O) groups excluding carboxylic acids is 1. The highest BCUT2D eigenvalue weighted by atomic mass is 79.9. The molecule has 2 aromatic rings. The molecular weight excluding hydrogens is 352 g/mol. The third-order valence-corrected chi connectivity index (χ3v) is 5.47. The molecule has 0 saturated heterocycles. The molecule has 0 spiro atoms. The zero-order chi connectivity index (χ0) is 14.8. The molecule has 0 radical (unpaired) electrons. The lowest BCUT2D eigenvalue weighted by Crippen LogP contribution is -2.36. The molecule has 2 heterocycles. The maximum Gasteiger partial charge on any atom is 0.257 e. The number of nitrogens with one attached hydrogen (secondary N) is 1. The molecule has 6 heteroatoms. The van der Waals surface area contributed by atoms with Gasteiger partial charge in [-0.15, -0.1) is 11.3 Å². The summed E-state index contributed by atoms with van der Waals surface area (Å²) in [5.74, 6) is 0.503. The number of nitrogens with zero attached hydrogens (tertiary/aromatic N) is 1. The van der Waals surface area contributed by atoms with Crippen LogP contribution in [0.5, 0.6) is 0 Å². The summed E-state index contributed by atoms with van der Waals surface area (Å²) in [4.78, 5) is 13.5. The maximum atomic E-state index is 12.6. The Bertz CT molecular complexity index is 644. The van der Waals surface area contributed by atoms with Gasteiger partial charge in [0, 0.05) is 6.04 Å². The van der Waals surface area contributed by atoms with E-state index in [1.54, 1.807) is 18.3 Å². The molecular formula is C15H17BrN2O2S. The van der Waals surface area contributed by atoms with Gasteiger partial charge in [0.2, 0.25) is 0 Å². The molecule has 1 fully saturated rings. The quantitative estimate of drug-likeness (QED) is 0.865. The SMILES string of the molecule is Cc1onc(-c2ccc(Br)s2)c1C(=O)NC1CCCCC1. The predicted octanol–water partition coefficient (Wildman–Crippen LogP) is 4.54. The second-order valence-electron chi connectivity index (χ2n) is 5.37. The first-order chi connectivity index (χ1) is 10.1. The number of thiophene rings is 1. The Morgan fingerprint density at radius 2 is 2.14 bits per heavy atom. The molecule has 1 aliphatic rings. The van der Waals surface area contributed by atoms with E-state index >= 15 is 0 Å². The Labute approximate surface area is 136 Å². The second kappa shape index (κ2) is 6.32. The molecule has 1 amide bonds. The van der Waals surface area contributed by atoms with Crippen molar-refractivity contribution in [2.45, 2.75) is 45.1 Å². The molecule has 1 saturated carbocycles. The number of aromatic nitrogens is 1. The van der Waals surface area contributed by atoms with E-state index in [0.29, 0.717) is 17.0 Å². The lowest BCUT2D eigenvalue weighted by molar-refractivity contribution is 0.0927. The number of amides is 1. The largest absolute Gasteiger partial charge is 0.360 e. The fourth-order valence-corrected chi connectivity index (χ4v) is 4.13. The van der Waals surface area contributed by atoms with Crippen molar-refractivity contribution in [3.8, 4) is 10.6 Å². The van der Waals surface area contributed by atoms with Crippen LogP contribution in [-0.4, -0.2) is 17.1 Å². The fraction of sp³-hybridized carbons (Fsp3) is 0.467. The molecule has 0 aliphatic heterocycles. The van der Waals surface area contributed by atoms with E-state index in [1.807, 2.05) is 12.1 Å². The minimum atomic E-state index is -0.0693. The highest BCUT2D eigenvalue weighted by Gasteiger charge is 2.25. The molecule has 3 rings (SSSR count). The van der Waals surface area contributed by atoms with Crippen LogP contribution in [0.25, 0.3) is 10.6 Å². The zero-order valence-electron chi connectivity index (χ0n) is 11.8. The van der Waals surface area contributed by atoms with Crippen molar-refractivity contribution in [2.24, 2.45) is 0 Å². The molecule has 0 atom stereocenters. The Kier molecular flexibility index (Phi) is 4.45. The minimum absolute atomic E-state index is 0.0693. The summed E-state index contributed by atoms with van der Waals surface area (Å²) in [6, 6.07) is 4.18. The third-order valence-electron chi connectivity index (χ3n) is 3.84. The van der Waals surface area contributed by atoms with Gasteiger partial charge >= 0.3 is 0 Å². The number of aryl methyl sites for hydroxylation is 1. The van der Waals surface area contributed by atoms with Gasteiger partial charge in [0.05, 0.1) is 8.66 Å². The molecule has 0 bridgehead atoms. The zero-order valence-corrected chi connectivity index (χ0v) is 14.2. The summed E-state index contributed by atoms with van der Waals surface area (Å²) in [5, 5.41) is 7.20. The summed E-state index contributed by atoms with van der Waals surface area (Å²) in [6.07, 6.45) is 5.79. The molecule has 112 valence electrons.